The molecule has 152 valence electrons. The van der Waals surface area contributed by atoms with E-state index in [-0.39, 0.29) is 5.82 Å². The summed E-state index contributed by atoms with van der Waals surface area (Å²) in [4.78, 5) is 1.32. The molecule has 1 saturated heterocycles. The number of ether oxygens (including phenoxy) is 1. The molecule has 0 bridgehead atoms. The third-order valence-corrected chi connectivity index (χ3v) is 5.67. The van der Waals surface area contributed by atoms with E-state index >= 15 is 0 Å². The van der Waals surface area contributed by atoms with Crippen molar-refractivity contribution in [3.8, 4) is 5.75 Å². The van der Waals surface area contributed by atoms with Crippen molar-refractivity contribution in [2.45, 2.75) is 31.5 Å². The highest BCUT2D eigenvalue weighted by Gasteiger charge is 2.36. The number of quaternary nitrogens is 1. The number of benzene rings is 2. The molecule has 3 aromatic rings. The quantitative estimate of drug-likeness (QED) is 0.646. The van der Waals surface area contributed by atoms with E-state index in [2.05, 4.69) is 15.5 Å². The van der Waals surface area contributed by atoms with Gasteiger partial charge in [0.2, 0.25) is 5.82 Å². The van der Waals surface area contributed by atoms with E-state index < -0.39 is 5.60 Å². The largest absolute Gasteiger partial charge is 0.497 e. The SMILES string of the molecule is COc1ccc(Cn2nnnc2C[NH+]2CCC(O)(c3ccc(F)cc3)CC2)cc1. The summed E-state index contributed by atoms with van der Waals surface area (Å²) < 4.78 is 20.2. The number of likely N-dealkylation sites (tertiary alicyclic amines) is 1. The van der Waals surface area contributed by atoms with Gasteiger partial charge in [0.1, 0.15) is 23.7 Å². The molecule has 7 nitrogen and oxygen atoms in total. The number of aliphatic hydroxyl groups is 1. The first kappa shape index (κ1) is 19.5. The standard InChI is InChI=1S/C21H24FN5O2/c1-29-19-8-2-16(3-9-19)14-27-20(23-24-25-27)15-26-12-10-21(28,11-13-26)17-4-6-18(22)7-5-17/h2-9,28H,10-15H2,1H3/p+1. The first-order chi connectivity index (χ1) is 14.1. The van der Waals surface area contributed by atoms with Crippen molar-refractivity contribution in [1.29, 1.82) is 0 Å². The summed E-state index contributed by atoms with van der Waals surface area (Å²) >= 11 is 0. The van der Waals surface area contributed by atoms with Crippen LogP contribution in [0.15, 0.2) is 48.5 Å². The van der Waals surface area contributed by atoms with Crippen LogP contribution in [0, 0.1) is 5.82 Å². The number of nitrogens with zero attached hydrogens (tertiary/aromatic N) is 4. The van der Waals surface area contributed by atoms with E-state index in [9.17, 15) is 9.50 Å². The smallest absolute Gasteiger partial charge is 0.206 e. The zero-order chi connectivity index (χ0) is 20.3. The molecule has 0 spiro atoms. The van der Waals surface area contributed by atoms with E-state index in [1.165, 1.54) is 17.0 Å². The second-order valence-corrected chi connectivity index (χ2v) is 7.57. The fourth-order valence-corrected chi connectivity index (χ4v) is 3.84. The first-order valence-electron chi connectivity index (χ1n) is 9.76. The topological polar surface area (TPSA) is 77.5 Å². The Hall–Kier alpha value is -2.84. The summed E-state index contributed by atoms with van der Waals surface area (Å²) in [6.45, 7) is 2.88. The van der Waals surface area contributed by atoms with Crippen LogP contribution >= 0.6 is 0 Å². The maximum atomic E-state index is 13.2. The van der Waals surface area contributed by atoms with E-state index in [4.69, 9.17) is 4.74 Å². The van der Waals surface area contributed by atoms with Crippen molar-refractivity contribution in [3.05, 3.63) is 71.3 Å². The highest BCUT2D eigenvalue weighted by molar-refractivity contribution is 5.27. The van der Waals surface area contributed by atoms with Crippen molar-refractivity contribution in [3.63, 3.8) is 0 Å². The lowest BCUT2D eigenvalue weighted by molar-refractivity contribution is -0.922. The molecule has 1 fully saturated rings. The molecule has 0 aliphatic carbocycles. The molecule has 0 unspecified atom stereocenters. The second-order valence-electron chi connectivity index (χ2n) is 7.57. The zero-order valence-electron chi connectivity index (χ0n) is 16.4. The average molecular weight is 398 g/mol. The van der Waals surface area contributed by atoms with Crippen molar-refractivity contribution >= 4 is 0 Å². The average Bonchev–Trinajstić information content (AvgIpc) is 3.17. The van der Waals surface area contributed by atoms with Gasteiger partial charge in [-0.1, -0.05) is 24.3 Å². The third-order valence-electron chi connectivity index (χ3n) is 5.67. The molecule has 2 N–H and O–H groups in total. The van der Waals surface area contributed by atoms with Crippen LogP contribution in [-0.4, -0.2) is 45.5 Å². The number of piperidine rings is 1. The number of methoxy groups -OCH3 is 1. The minimum absolute atomic E-state index is 0.288. The summed E-state index contributed by atoms with van der Waals surface area (Å²) in [6, 6.07) is 14.0. The van der Waals surface area contributed by atoms with Crippen LogP contribution in [0.25, 0.3) is 0 Å². The maximum absolute atomic E-state index is 13.2. The summed E-state index contributed by atoms with van der Waals surface area (Å²) in [6.07, 6.45) is 1.24. The molecule has 1 aliphatic heterocycles. The van der Waals surface area contributed by atoms with Crippen molar-refractivity contribution in [2.75, 3.05) is 20.2 Å². The van der Waals surface area contributed by atoms with Crippen LogP contribution < -0.4 is 9.64 Å². The van der Waals surface area contributed by atoms with Crippen molar-refractivity contribution in [1.82, 2.24) is 20.2 Å². The Morgan fingerprint density at radius 3 is 2.45 bits per heavy atom. The van der Waals surface area contributed by atoms with Gasteiger partial charge in [-0.15, -0.1) is 5.10 Å². The van der Waals surface area contributed by atoms with Crippen LogP contribution in [0.3, 0.4) is 0 Å². The summed E-state index contributed by atoms with van der Waals surface area (Å²) in [7, 11) is 1.65. The lowest BCUT2D eigenvalue weighted by Gasteiger charge is -2.36. The predicted molar refractivity (Wildman–Crippen MR) is 104 cm³/mol. The van der Waals surface area contributed by atoms with Gasteiger partial charge in [-0.2, -0.15) is 0 Å². The molecule has 0 radical (unpaired) electrons. The van der Waals surface area contributed by atoms with E-state index in [0.29, 0.717) is 25.9 Å². The highest BCUT2D eigenvalue weighted by Crippen LogP contribution is 2.29. The van der Waals surface area contributed by atoms with Crippen LogP contribution in [0.1, 0.15) is 29.8 Å². The van der Waals surface area contributed by atoms with Crippen molar-refractivity contribution < 1.29 is 19.1 Å². The zero-order valence-corrected chi connectivity index (χ0v) is 16.4. The van der Waals surface area contributed by atoms with Gasteiger partial charge in [-0.05, 0) is 45.8 Å². The van der Waals surface area contributed by atoms with Gasteiger partial charge in [-0.3, -0.25) is 0 Å². The number of halogens is 1. The molecule has 0 saturated carbocycles. The Bertz CT molecular complexity index is 934. The number of aromatic nitrogens is 4. The third kappa shape index (κ3) is 4.44. The van der Waals surface area contributed by atoms with E-state index in [0.717, 1.165) is 35.8 Å². The molecule has 0 atom stereocenters. The molecule has 29 heavy (non-hydrogen) atoms. The van der Waals surface area contributed by atoms with Crippen LogP contribution in [-0.2, 0) is 18.7 Å². The Balaban J connectivity index is 1.37. The molecular formula is C21H25FN5O2+. The van der Waals surface area contributed by atoms with Gasteiger partial charge < -0.3 is 14.7 Å². The van der Waals surface area contributed by atoms with Crippen LogP contribution in [0.2, 0.25) is 0 Å². The highest BCUT2D eigenvalue weighted by atomic mass is 19.1. The molecule has 1 aliphatic rings. The van der Waals surface area contributed by atoms with Gasteiger partial charge in [0.15, 0.2) is 0 Å². The van der Waals surface area contributed by atoms with Gasteiger partial charge in [-0.25, -0.2) is 9.07 Å². The number of tetrazole rings is 1. The fourth-order valence-electron chi connectivity index (χ4n) is 3.84. The Labute approximate surface area is 168 Å². The van der Waals surface area contributed by atoms with Gasteiger partial charge in [0.25, 0.3) is 0 Å². The summed E-state index contributed by atoms with van der Waals surface area (Å²) in [5, 5.41) is 23.1. The van der Waals surface area contributed by atoms with E-state index in [1.54, 1.807) is 19.2 Å². The minimum Gasteiger partial charge on any atom is -0.497 e. The Kier molecular flexibility index (Phi) is 5.55. The van der Waals surface area contributed by atoms with Crippen molar-refractivity contribution in [2.24, 2.45) is 0 Å². The minimum atomic E-state index is -0.897. The maximum Gasteiger partial charge on any atom is 0.206 e. The van der Waals surface area contributed by atoms with Gasteiger partial charge >= 0.3 is 0 Å². The monoisotopic (exact) mass is 398 g/mol. The summed E-state index contributed by atoms with van der Waals surface area (Å²) in [5.74, 6) is 1.35. The van der Waals surface area contributed by atoms with Crippen LogP contribution in [0.5, 0.6) is 5.75 Å². The number of hydrogen-bond donors (Lipinski definition) is 2. The molecular weight excluding hydrogens is 373 g/mol. The first-order valence-corrected chi connectivity index (χ1v) is 9.76. The molecule has 0 amide bonds. The van der Waals surface area contributed by atoms with Crippen LogP contribution in [0.4, 0.5) is 4.39 Å². The van der Waals surface area contributed by atoms with E-state index in [1.807, 2.05) is 28.9 Å². The number of hydrogen-bond acceptors (Lipinski definition) is 5. The number of nitrogens with one attached hydrogen (secondary N) is 1. The normalized spacial score (nSPS) is 21.8. The fraction of sp³-hybridized carbons (Fsp3) is 0.381. The number of rotatable bonds is 6. The lowest BCUT2D eigenvalue weighted by Crippen LogP contribution is -3.12. The molecule has 4 rings (SSSR count). The van der Waals surface area contributed by atoms with Gasteiger partial charge in [0.05, 0.1) is 26.7 Å². The molecule has 8 heteroatoms. The molecule has 2 aromatic carbocycles. The Morgan fingerprint density at radius 1 is 1.10 bits per heavy atom. The Morgan fingerprint density at radius 2 is 1.79 bits per heavy atom. The summed E-state index contributed by atoms with van der Waals surface area (Å²) in [5.41, 5.74) is 0.979. The van der Waals surface area contributed by atoms with Gasteiger partial charge in [0, 0.05) is 12.8 Å². The molecule has 1 aromatic heterocycles. The molecule has 2 heterocycles. The lowest BCUT2D eigenvalue weighted by atomic mass is 9.84. The predicted octanol–water partition coefficient (Wildman–Crippen LogP) is 0.936. The second kappa shape index (κ2) is 8.26.